The van der Waals surface area contributed by atoms with Crippen LogP contribution in [0.15, 0.2) is 18.2 Å². The van der Waals surface area contributed by atoms with Crippen LogP contribution in [0.25, 0.3) is 0 Å². The zero-order chi connectivity index (χ0) is 13.7. The number of carbonyl (C=O) groups is 1. The summed E-state index contributed by atoms with van der Waals surface area (Å²) >= 11 is 0.989. The average Bonchev–Trinajstić information content (AvgIpc) is 2.34. The van der Waals surface area contributed by atoms with E-state index in [9.17, 15) is 15.0 Å². The van der Waals surface area contributed by atoms with Crippen molar-refractivity contribution < 1.29 is 19.7 Å². The summed E-state index contributed by atoms with van der Waals surface area (Å²) in [7, 11) is 1.52. The van der Waals surface area contributed by atoms with Crippen molar-refractivity contribution in [3.63, 3.8) is 0 Å². The van der Waals surface area contributed by atoms with E-state index in [1.54, 1.807) is 12.1 Å². The molecule has 4 nitrogen and oxygen atoms in total. The van der Waals surface area contributed by atoms with E-state index >= 15 is 0 Å². The van der Waals surface area contributed by atoms with Crippen LogP contribution in [0.1, 0.15) is 24.2 Å². The molecule has 5 heteroatoms. The Balaban J connectivity index is 2.82. The van der Waals surface area contributed by atoms with Crippen LogP contribution in [0, 0.1) is 6.92 Å². The molecule has 0 saturated carbocycles. The molecular weight excluding hydrogens is 252 g/mol. The van der Waals surface area contributed by atoms with Gasteiger partial charge in [-0.05, 0) is 18.6 Å². The first-order valence-electron chi connectivity index (χ1n) is 5.59. The lowest BCUT2D eigenvalue weighted by Gasteiger charge is -2.20. The summed E-state index contributed by atoms with van der Waals surface area (Å²) in [4.78, 5) is 10.8. The monoisotopic (exact) mass is 270 g/mol. The Hall–Kier alpha value is -1.04. The third-order valence-corrected chi connectivity index (χ3v) is 3.44. The fraction of sp³-hybridized carbons (Fsp3) is 0.462. The molecule has 0 radical (unpaired) electrons. The molecule has 0 aromatic heterocycles. The highest BCUT2D eigenvalue weighted by Gasteiger charge is 2.22. The summed E-state index contributed by atoms with van der Waals surface area (Å²) in [5.74, 6) is 0.697. The van der Waals surface area contributed by atoms with Crippen molar-refractivity contribution in [2.45, 2.75) is 26.1 Å². The Kier molecular flexibility index (Phi) is 5.65. The fourth-order valence-corrected chi connectivity index (χ4v) is 2.15. The van der Waals surface area contributed by atoms with E-state index in [0.717, 1.165) is 17.3 Å². The molecule has 18 heavy (non-hydrogen) atoms. The molecule has 0 bridgehead atoms. The van der Waals surface area contributed by atoms with Crippen molar-refractivity contribution in [3.05, 3.63) is 29.3 Å². The number of rotatable bonds is 5. The van der Waals surface area contributed by atoms with Gasteiger partial charge < -0.3 is 14.9 Å². The van der Waals surface area contributed by atoms with E-state index in [2.05, 4.69) is 0 Å². The summed E-state index contributed by atoms with van der Waals surface area (Å²) in [6.45, 7) is 3.34. The lowest BCUT2D eigenvalue weighted by atomic mass is 10.0. The van der Waals surface area contributed by atoms with Gasteiger partial charge in [0.05, 0.1) is 13.2 Å². The van der Waals surface area contributed by atoms with E-state index in [-0.39, 0.29) is 10.9 Å². The highest BCUT2D eigenvalue weighted by Crippen LogP contribution is 2.29. The van der Waals surface area contributed by atoms with Gasteiger partial charge in [-0.15, -0.1) is 0 Å². The smallest absolute Gasteiger partial charge is 0.185 e. The summed E-state index contributed by atoms with van der Waals surface area (Å²) in [6, 6.07) is 5.36. The maximum Gasteiger partial charge on any atom is 0.185 e. The van der Waals surface area contributed by atoms with Crippen LogP contribution in [0.2, 0.25) is 0 Å². The number of methoxy groups -OCH3 is 1. The largest absolute Gasteiger partial charge is 0.496 e. The van der Waals surface area contributed by atoms with Crippen LogP contribution in [0.3, 0.4) is 0 Å². The van der Waals surface area contributed by atoms with Gasteiger partial charge in [0.25, 0.3) is 0 Å². The average molecular weight is 270 g/mol. The molecule has 0 aliphatic heterocycles. The van der Waals surface area contributed by atoms with Gasteiger partial charge in [0.1, 0.15) is 11.9 Å². The zero-order valence-corrected chi connectivity index (χ0v) is 11.5. The summed E-state index contributed by atoms with van der Waals surface area (Å²) in [5, 5.41) is 19.8. The number of aryl methyl sites for hydroxylation is 1. The number of thioether (sulfide) groups is 1. The maximum atomic E-state index is 10.8. The molecule has 0 amide bonds. The van der Waals surface area contributed by atoms with E-state index in [1.165, 1.54) is 14.0 Å². The molecule has 0 aliphatic carbocycles. The van der Waals surface area contributed by atoms with Crippen LogP contribution >= 0.6 is 11.8 Å². The highest BCUT2D eigenvalue weighted by atomic mass is 32.2. The van der Waals surface area contributed by atoms with Gasteiger partial charge in [-0.1, -0.05) is 23.9 Å². The zero-order valence-electron chi connectivity index (χ0n) is 10.7. The predicted molar refractivity (Wildman–Crippen MR) is 71.8 cm³/mol. The fourth-order valence-electron chi connectivity index (χ4n) is 1.56. The Bertz CT molecular complexity index is 419. The van der Waals surface area contributed by atoms with Crippen molar-refractivity contribution in [1.29, 1.82) is 0 Å². The van der Waals surface area contributed by atoms with Gasteiger partial charge in [0.15, 0.2) is 5.12 Å². The van der Waals surface area contributed by atoms with E-state index in [1.807, 2.05) is 13.0 Å². The quantitative estimate of drug-likeness (QED) is 0.852. The van der Waals surface area contributed by atoms with Crippen molar-refractivity contribution in [2.75, 3.05) is 12.9 Å². The minimum atomic E-state index is -1.06. The first kappa shape index (κ1) is 15.0. The standard InChI is InChI=1S/C13H18O4S/c1-8-4-5-10(12(6-8)17-3)13(16)11(15)7-18-9(2)14/h4-6,11,13,15-16H,7H2,1-3H3. The van der Waals surface area contributed by atoms with E-state index in [0.29, 0.717) is 11.3 Å². The summed E-state index contributed by atoms with van der Waals surface area (Å²) in [6.07, 6.45) is -2.07. The summed E-state index contributed by atoms with van der Waals surface area (Å²) in [5.41, 5.74) is 1.54. The van der Waals surface area contributed by atoms with Gasteiger partial charge >= 0.3 is 0 Å². The molecule has 0 fully saturated rings. The van der Waals surface area contributed by atoms with Crippen LogP contribution in [-0.2, 0) is 4.79 Å². The van der Waals surface area contributed by atoms with Crippen LogP contribution in [-0.4, -0.2) is 34.3 Å². The van der Waals surface area contributed by atoms with Crippen LogP contribution in [0.4, 0.5) is 0 Å². The third-order valence-electron chi connectivity index (χ3n) is 2.53. The molecule has 1 aromatic carbocycles. The van der Waals surface area contributed by atoms with Crippen molar-refractivity contribution in [2.24, 2.45) is 0 Å². The van der Waals surface area contributed by atoms with E-state index in [4.69, 9.17) is 4.74 Å². The molecule has 1 rings (SSSR count). The topological polar surface area (TPSA) is 66.8 Å². The predicted octanol–water partition coefficient (Wildman–Crippen LogP) is 1.68. The maximum absolute atomic E-state index is 10.8. The normalized spacial score (nSPS) is 14.1. The summed E-state index contributed by atoms with van der Waals surface area (Å²) < 4.78 is 5.18. The van der Waals surface area contributed by atoms with Gasteiger partial charge in [0, 0.05) is 18.2 Å². The molecule has 100 valence electrons. The Labute approximate surface area is 111 Å². The molecule has 0 aliphatic rings. The van der Waals surface area contributed by atoms with Crippen LogP contribution in [0.5, 0.6) is 5.75 Å². The number of carbonyl (C=O) groups excluding carboxylic acids is 1. The first-order valence-corrected chi connectivity index (χ1v) is 6.58. The highest BCUT2D eigenvalue weighted by molar-refractivity contribution is 8.13. The molecule has 2 atom stereocenters. The molecule has 2 N–H and O–H groups in total. The third kappa shape index (κ3) is 4.01. The molecule has 1 aromatic rings. The van der Waals surface area contributed by atoms with Gasteiger partial charge in [0.2, 0.25) is 0 Å². The molecule has 0 saturated heterocycles. The van der Waals surface area contributed by atoms with Gasteiger partial charge in [-0.3, -0.25) is 4.79 Å². The number of benzene rings is 1. The SMILES string of the molecule is COc1cc(C)ccc1C(O)C(O)CSC(C)=O. The second kappa shape index (κ2) is 6.78. The second-order valence-corrected chi connectivity index (χ2v) is 5.26. The van der Waals surface area contributed by atoms with Gasteiger partial charge in [-0.25, -0.2) is 0 Å². The number of hydrogen-bond donors (Lipinski definition) is 2. The van der Waals surface area contributed by atoms with Crippen molar-refractivity contribution in [3.8, 4) is 5.75 Å². The minimum Gasteiger partial charge on any atom is -0.496 e. The molecular formula is C13H18O4S. The molecule has 0 spiro atoms. The Morgan fingerprint density at radius 3 is 2.67 bits per heavy atom. The van der Waals surface area contributed by atoms with Crippen molar-refractivity contribution in [1.82, 2.24) is 0 Å². The second-order valence-electron chi connectivity index (χ2n) is 4.06. The Morgan fingerprint density at radius 1 is 1.44 bits per heavy atom. The lowest BCUT2D eigenvalue weighted by Crippen LogP contribution is -2.22. The molecule has 0 heterocycles. The lowest BCUT2D eigenvalue weighted by molar-refractivity contribution is -0.109. The van der Waals surface area contributed by atoms with Gasteiger partial charge in [-0.2, -0.15) is 0 Å². The van der Waals surface area contributed by atoms with Crippen molar-refractivity contribution >= 4 is 16.9 Å². The first-order chi connectivity index (χ1) is 8.45. The molecule has 2 unspecified atom stereocenters. The Morgan fingerprint density at radius 2 is 2.11 bits per heavy atom. The number of aliphatic hydroxyl groups excluding tert-OH is 2. The van der Waals surface area contributed by atoms with Crippen LogP contribution < -0.4 is 4.74 Å². The minimum absolute atomic E-state index is 0.0860. The van der Waals surface area contributed by atoms with E-state index < -0.39 is 12.2 Å². The number of ether oxygens (including phenoxy) is 1. The number of hydrogen-bond acceptors (Lipinski definition) is 5. The number of aliphatic hydroxyl groups is 2.